The predicted molar refractivity (Wildman–Crippen MR) is 98.0 cm³/mol. The van der Waals surface area contributed by atoms with Crippen LogP contribution in [0.15, 0.2) is 16.1 Å². The number of thiazole rings is 1. The number of morpholine rings is 1. The quantitative estimate of drug-likeness (QED) is 0.753. The highest BCUT2D eigenvalue weighted by Gasteiger charge is 2.29. The normalized spacial score (nSPS) is 20.9. The Bertz CT molecular complexity index is 945. The summed E-state index contributed by atoms with van der Waals surface area (Å²) in [6.45, 7) is 6.62. The van der Waals surface area contributed by atoms with Crippen molar-refractivity contribution in [3.05, 3.63) is 28.7 Å². The van der Waals surface area contributed by atoms with Crippen molar-refractivity contribution in [1.29, 1.82) is 0 Å². The number of anilines is 1. The number of hydrogen-bond donors (Lipinski definition) is 1. The average Bonchev–Trinajstić information content (AvgIpc) is 3.19. The first-order valence-corrected chi connectivity index (χ1v) is 9.40. The van der Waals surface area contributed by atoms with Gasteiger partial charge in [-0.3, -0.25) is 0 Å². The minimum atomic E-state index is -0.492. The average molecular weight is 377 g/mol. The molecule has 0 amide bonds. The summed E-state index contributed by atoms with van der Waals surface area (Å²) in [5, 5.41) is 14.5. The second kappa shape index (κ2) is 6.61. The molecule has 3 heterocycles. The van der Waals surface area contributed by atoms with Gasteiger partial charge < -0.3 is 19.3 Å². The number of fused-ring (bicyclic) bond motifs is 1. The summed E-state index contributed by atoms with van der Waals surface area (Å²) in [5.74, 6) is -0.492. The Morgan fingerprint density at radius 3 is 2.69 bits per heavy atom. The van der Waals surface area contributed by atoms with Gasteiger partial charge >= 0.3 is 0 Å². The van der Waals surface area contributed by atoms with E-state index in [9.17, 15) is 5.11 Å². The molecule has 3 aromatic rings. The van der Waals surface area contributed by atoms with Crippen molar-refractivity contribution < 1.29 is 18.8 Å². The number of aliphatic hydroxyl groups excluding tert-OH is 1. The van der Waals surface area contributed by atoms with Crippen LogP contribution >= 0.6 is 11.3 Å². The molecule has 1 saturated heterocycles. The van der Waals surface area contributed by atoms with Gasteiger partial charge in [-0.25, -0.2) is 9.37 Å². The van der Waals surface area contributed by atoms with Crippen LogP contribution in [0.4, 0.5) is 10.1 Å². The van der Waals surface area contributed by atoms with Crippen LogP contribution in [-0.4, -0.2) is 40.5 Å². The van der Waals surface area contributed by atoms with Gasteiger partial charge in [0.25, 0.3) is 0 Å². The molecule has 2 aromatic heterocycles. The molecule has 0 aliphatic carbocycles. The van der Waals surface area contributed by atoms with Crippen LogP contribution in [0, 0.1) is 12.7 Å². The summed E-state index contributed by atoms with van der Waals surface area (Å²) in [5.41, 5.74) is 4.08. The minimum Gasteiger partial charge on any atom is -0.392 e. The number of aryl methyl sites for hydroxylation is 1. The van der Waals surface area contributed by atoms with E-state index in [1.807, 2.05) is 25.7 Å². The molecule has 1 aromatic carbocycles. The lowest BCUT2D eigenvalue weighted by atomic mass is 10.0. The summed E-state index contributed by atoms with van der Waals surface area (Å²) in [7, 11) is 0. The molecule has 1 aliphatic heterocycles. The standard InChI is InChI=1S/C18H20FN3O3S/c1-9-5-22(6-10(2)24-9)16-12(7-23)4-13-15(18-11(3)20-8-26-18)21-25-17(13)14(16)19/h4,8-10,23H,5-7H2,1-3H3/t9-,10+. The zero-order chi connectivity index (χ0) is 18.4. The van der Waals surface area contributed by atoms with E-state index in [0.29, 0.717) is 35.4 Å². The number of hydrogen-bond acceptors (Lipinski definition) is 7. The summed E-state index contributed by atoms with van der Waals surface area (Å²) in [6, 6.07) is 1.77. The van der Waals surface area contributed by atoms with Crippen molar-refractivity contribution in [3.63, 3.8) is 0 Å². The van der Waals surface area contributed by atoms with Gasteiger partial charge in [0, 0.05) is 18.7 Å². The van der Waals surface area contributed by atoms with E-state index in [0.717, 1.165) is 10.6 Å². The molecule has 138 valence electrons. The van der Waals surface area contributed by atoms with E-state index < -0.39 is 5.82 Å². The van der Waals surface area contributed by atoms with Crippen molar-refractivity contribution in [1.82, 2.24) is 10.1 Å². The van der Waals surface area contributed by atoms with Crippen LogP contribution in [0.3, 0.4) is 0 Å². The highest BCUT2D eigenvalue weighted by molar-refractivity contribution is 7.13. The fourth-order valence-electron chi connectivity index (χ4n) is 3.60. The molecule has 1 aliphatic rings. The van der Waals surface area contributed by atoms with Crippen LogP contribution in [0.25, 0.3) is 21.5 Å². The topological polar surface area (TPSA) is 71.6 Å². The number of nitrogens with zero attached hydrogens (tertiary/aromatic N) is 3. The zero-order valence-corrected chi connectivity index (χ0v) is 15.6. The van der Waals surface area contributed by atoms with Crippen LogP contribution in [0.5, 0.6) is 0 Å². The molecule has 0 unspecified atom stereocenters. The van der Waals surface area contributed by atoms with Crippen molar-refractivity contribution in [2.75, 3.05) is 18.0 Å². The fourth-order valence-corrected chi connectivity index (χ4v) is 4.39. The van der Waals surface area contributed by atoms with Crippen LogP contribution in [0.1, 0.15) is 25.1 Å². The van der Waals surface area contributed by atoms with Crippen LogP contribution in [-0.2, 0) is 11.3 Å². The Morgan fingerprint density at radius 1 is 1.35 bits per heavy atom. The molecule has 0 spiro atoms. The van der Waals surface area contributed by atoms with Crippen molar-refractivity contribution in [3.8, 4) is 10.6 Å². The summed E-state index contributed by atoms with van der Waals surface area (Å²) >= 11 is 1.43. The second-order valence-corrected chi connectivity index (χ2v) is 7.55. The van der Waals surface area contributed by atoms with Gasteiger partial charge in [-0.05, 0) is 26.8 Å². The molecule has 2 atom stereocenters. The third-order valence-corrected chi connectivity index (χ3v) is 5.56. The molecular weight excluding hydrogens is 357 g/mol. The third kappa shape index (κ3) is 2.78. The molecule has 1 N–H and O–H groups in total. The maximum Gasteiger partial charge on any atom is 0.205 e. The van der Waals surface area contributed by atoms with Gasteiger partial charge in [0.1, 0.15) is 5.69 Å². The fraction of sp³-hybridized carbons (Fsp3) is 0.444. The number of aliphatic hydroxyl groups is 1. The van der Waals surface area contributed by atoms with Gasteiger partial charge in [0.05, 0.1) is 46.0 Å². The van der Waals surface area contributed by atoms with Gasteiger partial charge in [-0.1, -0.05) is 5.16 Å². The van der Waals surface area contributed by atoms with Crippen molar-refractivity contribution in [2.24, 2.45) is 0 Å². The summed E-state index contributed by atoms with van der Waals surface area (Å²) < 4.78 is 26.5. The number of ether oxygens (including phenoxy) is 1. The van der Waals surface area contributed by atoms with E-state index in [-0.39, 0.29) is 24.4 Å². The lowest BCUT2D eigenvalue weighted by molar-refractivity contribution is -0.00549. The van der Waals surface area contributed by atoms with Crippen molar-refractivity contribution >= 4 is 28.0 Å². The van der Waals surface area contributed by atoms with Gasteiger partial charge in [-0.2, -0.15) is 0 Å². The molecule has 0 bridgehead atoms. The molecule has 8 heteroatoms. The Balaban J connectivity index is 1.88. The first-order chi connectivity index (χ1) is 12.5. The molecule has 6 nitrogen and oxygen atoms in total. The molecule has 26 heavy (non-hydrogen) atoms. The first-order valence-electron chi connectivity index (χ1n) is 8.52. The maximum absolute atomic E-state index is 15.4. The molecule has 4 rings (SSSR count). The number of halogens is 1. The van der Waals surface area contributed by atoms with Crippen LogP contribution in [0.2, 0.25) is 0 Å². The highest BCUT2D eigenvalue weighted by atomic mass is 32.1. The Kier molecular flexibility index (Phi) is 4.42. The van der Waals surface area contributed by atoms with E-state index in [4.69, 9.17) is 9.26 Å². The zero-order valence-electron chi connectivity index (χ0n) is 14.8. The Hall–Kier alpha value is -2.03. The highest BCUT2D eigenvalue weighted by Crippen LogP contribution is 2.39. The molecule has 0 saturated carbocycles. The second-order valence-electron chi connectivity index (χ2n) is 6.69. The number of rotatable bonds is 3. The SMILES string of the molecule is Cc1ncsc1-c1noc2c(F)c(N3C[C@@H](C)O[C@@H](C)C3)c(CO)cc12. The van der Waals surface area contributed by atoms with Crippen LogP contribution < -0.4 is 4.90 Å². The minimum absolute atomic E-state index is 0.0227. The lowest BCUT2D eigenvalue weighted by Gasteiger charge is -2.37. The predicted octanol–water partition coefficient (Wildman–Crippen LogP) is 3.50. The van der Waals surface area contributed by atoms with Gasteiger partial charge in [0.2, 0.25) is 5.58 Å². The van der Waals surface area contributed by atoms with E-state index >= 15 is 4.39 Å². The molecular formula is C18H20FN3O3S. The maximum atomic E-state index is 15.4. The van der Waals surface area contributed by atoms with E-state index in [1.54, 1.807) is 11.6 Å². The summed E-state index contributed by atoms with van der Waals surface area (Å²) in [4.78, 5) is 6.98. The van der Waals surface area contributed by atoms with Crippen molar-refractivity contribution in [2.45, 2.75) is 39.6 Å². The van der Waals surface area contributed by atoms with E-state index in [1.165, 1.54) is 11.3 Å². The number of aromatic nitrogens is 2. The Labute approximate surface area is 154 Å². The van der Waals surface area contributed by atoms with Gasteiger partial charge in [-0.15, -0.1) is 11.3 Å². The number of benzene rings is 1. The monoisotopic (exact) mass is 377 g/mol. The third-order valence-electron chi connectivity index (χ3n) is 4.62. The summed E-state index contributed by atoms with van der Waals surface area (Å²) in [6.07, 6.45) is -0.0453. The first kappa shape index (κ1) is 17.4. The molecule has 1 fully saturated rings. The molecule has 0 radical (unpaired) electrons. The smallest absolute Gasteiger partial charge is 0.205 e. The lowest BCUT2D eigenvalue weighted by Crippen LogP contribution is -2.46. The van der Waals surface area contributed by atoms with Gasteiger partial charge in [0.15, 0.2) is 5.82 Å². The van der Waals surface area contributed by atoms with E-state index in [2.05, 4.69) is 10.1 Å². The largest absolute Gasteiger partial charge is 0.392 e. The Morgan fingerprint density at radius 2 is 2.08 bits per heavy atom.